The van der Waals surface area contributed by atoms with Gasteiger partial charge in [-0.15, -0.1) is 0 Å². The van der Waals surface area contributed by atoms with Crippen LogP contribution < -0.4 is 4.90 Å². The highest BCUT2D eigenvalue weighted by Gasteiger charge is 2.38. The maximum atomic E-state index is 12.6. The van der Waals surface area contributed by atoms with Gasteiger partial charge in [-0.3, -0.25) is 14.6 Å². The number of amides is 2. The van der Waals surface area contributed by atoms with E-state index in [-0.39, 0.29) is 17.9 Å². The zero-order valence-electron chi connectivity index (χ0n) is 10.8. The molecule has 2 saturated heterocycles. The highest BCUT2D eigenvalue weighted by atomic mass is 16.2. The SMILES string of the molecule is O=C1C2CCCCN2C(=O)CCN1c1cccnc1. The lowest BCUT2D eigenvalue weighted by Crippen LogP contribution is -2.49. The first-order chi connectivity index (χ1) is 9.27. The largest absolute Gasteiger partial charge is 0.331 e. The zero-order valence-corrected chi connectivity index (χ0v) is 10.8. The number of piperidine rings is 1. The van der Waals surface area contributed by atoms with Crippen molar-refractivity contribution in [1.29, 1.82) is 0 Å². The number of hydrogen-bond acceptors (Lipinski definition) is 3. The minimum absolute atomic E-state index is 0.0403. The molecule has 0 bridgehead atoms. The summed E-state index contributed by atoms with van der Waals surface area (Å²) in [5.41, 5.74) is 0.785. The minimum Gasteiger partial charge on any atom is -0.331 e. The van der Waals surface area contributed by atoms with Crippen LogP contribution in [0.4, 0.5) is 5.69 Å². The van der Waals surface area contributed by atoms with Crippen LogP contribution in [0.2, 0.25) is 0 Å². The number of fused-ring (bicyclic) bond motifs is 1. The van der Waals surface area contributed by atoms with Crippen LogP contribution in [0, 0.1) is 0 Å². The van der Waals surface area contributed by atoms with Gasteiger partial charge in [0.15, 0.2) is 0 Å². The maximum Gasteiger partial charge on any atom is 0.249 e. The Balaban J connectivity index is 1.91. The summed E-state index contributed by atoms with van der Waals surface area (Å²) in [6.07, 6.45) is 6.56. The van der Waals surface area contributed by atoms with Gasteiger partial charge in [0, 0.05) is 25.7 Å². The van der Waals surface area contributed by atoms with Crippen molar-refractivity contribution in [2.75, 3.05) is 18.0 Å². The van der Waals surface area contributed by atoms with Crippen molar-refractivity contribution in [3.8, 4) is 0 Å². The maximum absolute atomic E-state index is 12.6. The van der Waals surface area contributed by atoms with Crippen molar-refractivity contribution in [1.82, 2.24) is 9.88 Å². The lowest BCUT2D eigenvalue weighted by molar-refractivity contribution is -0.138. The highest BCUT2D eigenvalue weighted by molar-refractivity contribution is 6.01. The third kappa shape index (κ3) is 2.20. The van der Waals surface area contributed by atoms with E-state index in [1.54, 1.807) is 22.2 Å². The molecule has 1 atom stereocenters. The van der Waals surface area contributed by atoms with Gasteiger partial charge in [0.05, 0.1) is 11.9 Å². The number of nitrogens with zero attached hydrogens (tertiary/aromatic N) is 3. The molecule has 0 spiro atoms. The summed E-state index contributed by atoms with van der Waals surface area (Å²) in [6.45, 7) is 1.17. The second-order valence-electron chi connectivity index (χ2n) is 5.05. The molecule has 2 aliphatic heterocycles. The van der Waals surface area contributed by atoms with Gasteiger partial charge in [0.25, 0.3) is 0 Å². The van der Waals surface area contributed by atoms with Crippen LogP contribution in [-0.4, -0.2) is 40.8 Å². The van der Waals surface area contributed by atoms with Crippen molar-refractivity contribution < 1.29 is 9.59 Å². The predicted octanol–water partition coefficient (Wildman–Crippen LogP) is 1.20. The number of hydrogen-bond donors (Lipinski definition) is 0. The van der Waals surface area contributed by atoms with E-state index in [2.05, 4.69) is 4.98 Å². The Hall–Kier alpha value is -1.91. The fraction of sp³-hybridized carbons (Fsp3) is 0.500. The van der Waals surface area contributed by atoms with E-state index in [1.165, 1.54) is 0 Å². The van der Waals surface area contributed by atoms with Gasteiger partial charge in [-0.2, -0.15) is 0 Å². The molecule has 2 amide bonds. The van der Waals surface area contributed by atoms with E-state index in [0.29, 0.717) is 13.0 Å². The van der Waals surface area contributed by atoms with E-state index in [9.17, 15) is 9.59 Å². The quantitative estimate of drug-likeness (QED) is 0.761. The number of pyridine rings is 1. The zero-order chi connectivity index (χ0) is 13.2. The van der Waals surface area contributed by atoms with Crippen LogP contribution in [0.1, 0.15) is 25.7 Å². The molecule has 5 nitrogen and oxygen atoms in total. The molecule has 1 aromatic heterocycles. The second kappa shape index (κ2) is 4.99. The van der Waals surface area contributed by atoms with Crippen molar-refractivity contribution in [3.63, 3.8) is 0 Å². The van der Waals surface area contributed by atoms with Crippen molar-refractivity contribution in [3.05, 3.63) is 24.5 Å². The molecule has 5 heteroatoms. The third-order valence-corrected chi connectivity index (χ3v) is 3.88. The summed E-state index contributed by atoms with van der Waals surface area (Å²) in [7, 11) is 0. The van der Waals surface area contributed by atoms with E-state index >= 15 is 0 Å². The van der Waals surface area contributed by atoms with Crippen molar-refractivity contribution in [2.45, 2.75) is 31.7 Å². The number of carbonyl (C=O) groups excluding carboxylic acids is 2. The topological polar surface area (TPSA) is 53.5 Å². The number of anilines is 1. The van der Waals surface area contributed by atoms with Gasteiger partial charge in [0.1, 0.15) is 6.04 Å². The van der Waals surface area contributed by atoms with Crippen LogP contribution in [0.3, 0.4) is 0 Å². The minimum atomic E-state index is -0.274. The van der Waals surface area contributed by atoms with Crippen LogP contribution in [-0.2, 0) is 9.59 Å². The Morgan fingerprint density at radius 2 is 2.11 bits per heavy atom. The van der Waals surface area contributed by atoms with E-state index in [0.717, 1.165) is 31.5 Å². The number of carbonyl (C=O) groups is 2. The summed E-state index contributed by atoms with van der Waals surface area (Å²) in [5.74, 6) is 0.142. The van der Waals surface area contributed by atoms with Crippen molar-refractivity contribution >= 4 is 17.5 Å². The fourth-order valence-corrected chi connectivity index (χ4v) is 2.90. The lowest BCUT2D eigenvalue weighted by Gasteiger charge is -2.34. The molecule has 1 unspecified atom stereocenters. The number of rotatable bonds is 1. The Morgan fingerprint density at radius 3 is 2.89 bits per heavy atom. The monoisotopic (exact) mass is 259 g/mol. The molecule has 1 aromatic rings. The van der Waals surface area contributed by atoms with Crippen molar-refractivity contribution in [2.24, 2.45) is 0 Å². The first kappa shape index (κ1) is 12.1. The molecule has 100 valence electrons. The molecule has 0 saturated carbocycles. The molecule has 3 heterocycles. The molecule has 0 N–H and O–H groups in total. The van der Waals surface area contributed by atoms with Gasteiger partial charge in [-0.25, -0.2) is 0 Å². The summed E-state index contributed by atoms with van der Waals surface area (Å²) in [6, 6.07) is 3.41. The average Bonchev–Trinajstić information content (AvgIpc) is 2.59. The standard InChI is InChI=1S/C14H17N3O2/c18-13-6-9-16(11-4-3-7-15-10-11)14(19)12-5-1-2-8-17(12)13/h3-4,7,10,12H,1-2,5-6,8-9H2. The van der Waals surface area contributed by atoms with Crippen LogP contribution >= 0.6 is 0 Å². The Labute approximate surface area is 112 Å². The third-order valence-electron chi connectivity index (χ3n) is 3.88. The molecule has 0 radical (unpaired) electrons. The summed E-state index contributed by atoms with van der Waals surface area (Å²) in [5, 5.41) is 0. The fourth-order valence-electron chi connectivity index (χ4n) is 2.90. The van der Waals surface area contributed by atoms with Crippen LogP contribution in [0.25, 0.3) is 0 Å². The predicted molar refractivity (Wildman–Crippen MR) is 70.6 cm³/mol. The molecular weight excluding hydrogens is 242 g/mol. The first-order valence-electron chi connectivity index (χ1n) is 6.78. The van der Waals surface area contributed by atoms with Gasteiger partial charge in [0.2, 0.25) is 11.8 Å². The van der Waals surface area contributed by atoms with Crippen LogP contribution in [0.15, 0.2) is 24.5 Å². The highest BCUT2D eigenvalue weighted by Crippen LogP contribution is 2.25. The van der Waals surface area contributed by atoms with Gasteiger partial charge >= 0.3 is 0 Å². The normalized spacial score (nSPS) is 24.1. The summed E-state index contributed by atoms with van der Waals surface area (Å²) in [4.78, 5) is 32.3. The first-order valence-corrected chi connectivity index (χ1v) is 6.78. The van der Waals surface area contributed by atoms with Gasteiger partial charge in [-0.05, 0) is 31.4 Å². The smallest absolute Gasteiger partial charge is 0.249 e. The summed E-state index contributed by atoms with van der Waals surface area (Å²) >= 11 is 0. The lowest BCUT2D eigenvalue weighted by atomic mass is 10.0. The molecule has 0 aromatic carbocycles. The molecule has 2 fully saturated rings. The summed E-state index contributed by atoms with van der Waals surface area (Å²) < 4.78 is 0. The Morgan fingerprint density at radius 1 is 1.21 bits per heavy atom. The van der Waals surface area contributed by atoms with Gasteiger partial charge < -0.3 is 9.80 Å². The molecule has 0 aliphatic carbocycles. The second-order valence-corrected chi connectivity index (χ2v) is 5.05. The molecule has 3 rings (SSSR count). The number of aromatic nitrogens is 1. The van der Waals surface area contributed by atoms with E-state index in [1.807, 2.05) is 12.1 Å². The molecular formula is C14H17N3O2. The molecule has 19 heavy (non-hydrogen) atoms. The van der Waals surface area contributed by atoms with Crippen LogP contribution in [0.5, 0.6) is 0 Å². The van der Waals surface area contributed by atoms with Gasteiger partial charge in [-0.1, -0.05) is 0 Å². The average molecular weight is 259 g/mol. The van der Waals surface area contributed by atoms with E-state index in [4.69, 9.17) is 0 Å². The Kier molecular flexibility index (Phi) is 3.19. The molecule has 2 aliphatic rings. The van der Waals surface area contributed by atoms with E-state index < -0.39 is 0 Å². The Bertz CT molecular complexity index is 489.